The van der Waals surface area contributed by atoms with Crippen LogP contribution in [0.1, 0.15) is 27.7 Å². The Balaban J connectivity index is 1.99. The number of aromatic amines is 1. The average Bonchev–Trinajstić information content (AvgIpc) is 2.77. The van der Waals surface area contributed by atoms with Crippen molar-refractivity contribution >= 4 is 22.8 Å². The first-order chi connectivity index (χ1) is 8.88. The van der Waals surface area contributed by atoms with Crippen LogP contribution in [0.5, 0.6) is 0 Å². The number of fused-ring (bicyclic) bond motifs is 1. The van der Waals surface area contributed by atoms with Gasteiger partial charge in [-0.25, -0.2) is 0 Å². The van der Waals surface area contributed by atoms with E-state index in [1.165, 1.54) is 0 Å². The van der Waals surface area contributed by atoms with Gasteiger partial charge in [-0.2, -0.15) is 15.1 Å². The van der Waals surface area contributed by atoms with E-state index >= 15 is 0 Å². The Kier molecular flexibility index (Phi) is 2.30. The number of rotatable bonds is 3. The van der Waals surface area contributed by atoms with Crippen LogP contribution >= 0.6 is 0 Å². The summed E-state index contributed by atoms with van der Waals surface area (Å²) in [6.07, 6.45) is 1.76. The monoisotopic (exact) mass is 260 g/mol. The second-order valence-corrected chi connectivity index (χ2v) is 6.30. The maximum Gasteiger partial charge on any atom is 0.226 e. The third-order valence-electron chi connectivity index (χ3n) is 4.84. The molecule has 0 aromatic carbocycles. The molecule has 2 aromatic rings. The van der Waals surface area contributed by atoms with Gasteiger partial charge in [0.15, 0.2) is 5.65 Å². The minimum absolute atomic E-state index is 0.258. The Morgan fingerprint density at radius 3 is 2.42 bits per heavy atom. The number of anilines is 2. The smallest absolute Gasteiger partial charge is 0.226 e. The van der Waals surface area contributed by atoms with Gasteiger partial charge in [-0.3, -0.25) is 5.10 Å². The highest BCUT2D eigenvalue weighted by molar-refractivity contribution is 5.87. The van der Waals surface area contributed by atoms with Gasteiger partial charge in [-0.1, -0.05) is 27.7 Å². The molecule has 0 bridgehead atoms. The lowest BCUT2D eigenvalue weighted by atomic mass is 10.0. The predicted octanol–water partition coefficient (Wildman–Crippen LogP) is 2.24. The van der Waals surface area contributed by atoms with Crippen LogP contribution in [0, 0.1) is 10.8 Å². The Morgan fingerprint density at radius 2 is 1.84 bits per heavy atom. The van der Waals surface area contributed by atoms with Crippen molar-refractivity contribution in [2.75, 3.05) is 17.7 Å². The van der Waals surface area contributed by atoms with E-state index in [0.717, 1.165) is 16.9 Å². The number of nitrogens with one attached hydrogen (secondary N) is 3. The van der Waals surface area contributed by atoms with Crippen LogP contribution in [0.2, 0.25) is 0 Å². The molecule has 3 rings (SSSR count). The van der Waals surface area contributed by atoms with Gasteiger partial charge < -0.3 is 10.6 Å². The van der Waals surface area contributed by atoms with E-state index < -0.39 is 0 Å². The fourth-order valence-electron chi connectivity index (χ4n) is 2.75. The summed E-state index contributed by atoms with van der Waals surface area (Å²) in [6.45, 7) is 9.10. The van der Waals surface area contributed by atoms with Crippen LogP contribution in [0.25, 0.3) is 11.0 Å². The minimum atomic E-state index is 0.258. The van der Waals surface area contributed by atoms with Gasteiger partial charge >= 0.3 is 0 Å². The van der Waals surface area contributed by atoms with Crippen molar-refractivity contribution < 1.29 is 0 Å². The lowest BCUT2D eigenvalue weighted by molar-refractivity contribution is 0.457. The van der Waals surface area contributed by atoms with Crippen LogP contribution in [-0.2, 0) is 0 Å². The molecule has 102 valence electrons. The first-order valence-electron chi connectivity index (χ1n) is 6.53. The van der Waals surface area contributed by atoms with E-state index in [-0.39, 0.29) is 10.8 Å². The highest BCUT2D eigenvalue weighted by Crippen LogP contribution is 2.63. The van der Waals surface area contributed by atoms with E-state index in [0.29, 0.717) is 12.0 Å². The SMILES string of the molecule is CNc1nc(NC2C(C)(C)C2(C)C)c2cn[nH]c2n1. The van der Waals surface area contributed by atoms with Crippen LogP contribution in [0.3, 0.4) is 0 Å². The molecule has 6 heteroatoms. The highest BCUT2D eigenvalue weighted by Gasteiger charge is 2.65. The summed E-state index contributed by atoms with van der Waals surface area (Å²) in [7, 11) is 1.81. The lowest BCUT2D eigenvalue weighted by Gasteiger charge is -2.09. The summed E-state index contributed by atoms with van der Waals surface area (Å²) in [5.41, 5.74) is 1.26. The molecule has 1 aliphatic rings. The van der Waals surface area contributed by atoms with Crippen molar-refractivity contribution in [3.63, 3.8) is 0 Å². The molecule has 3 N–H and O–H groups in total. The number of nitrogens with zero attached hydrogens (tertiary/aromatic N) is 3. The normalized spacial score (nSPS) is 20.5. The van der Waals surface area contributed by atoms with Crippen LogP contribution in [0.4, 0.5) is 11.8 Å². The molecule has 2 heterocycles. The maximum absolute atomic E-state index is 4.51. The summed E-state index contributed by atoms with van der Waals surface area (Å²) in [5, 5.41) is 14.4. The molecule has 1 fully saturated rings. The molecule has 2 aromatic heterocycles. The van der Waals surface area contributed by atoms with Crippen molar-refractivity contribution in [3.05, 3.63) is 6.20 Å². The van der Waals surface area contributed by atoms with Gasteiger partial charge in [0.25, 0.3) is 0 Å². The molecular weight excluding hydrogens is 240 g/mol. The molecule has 6 nitrogen and oxygen atoms in total. The Hall–Kier alpha value is -1.85. The zero-order valence-electron chi connectivity index (χ0n) is 12.0. The molecule has 0 unspecified atom stereocenters. The quantitative estimate of drug-likeness (QED) is 0.789. The fourth-order valence-corrected chi connectivity index (χ4v) is 2.75. The Bertz CT molecular complexity index is 613. The van der Waals surface area contributed by atoms with E-state index in [9.17, 15) is 0 Å². The van der Waals surface area contributed by atoms with Gasteiger partial charge in [0.1, 0.15) is 5.82 Å². The Morgan fingerprint density at radius 1 is 1.16 bits per heavy atom. The number of H-pyrrole nitrogens is 1. The molecule has 19 heavy (non-hydrogen) atoms. The van der Waals surface area contributed by atoms with Gasteiger partial charge in [-0.05, 0) is 10.8 Å². The summed E-state index contributed by atoms with van der Waals surface area (Å²) in [6, 6.07) is 0.401. The second-order valence-electron chi connectivity index (χ2n) is 6.30. The first-order valence-corrected chi connectivity index (χ1v) is 6.53. The van der Waals surface area contributed by atoms with Gasteiger partial charge in [0.2, 0.25) is 5.95 Å². The third-order valence-corrected chi connectivity index (χ3v) is 4.84. The molecule has 0 spiro atoms. The molecule has 0 atom stereocenters. The predicted molar refractivity (Wildman–Crippen MR) is 76.2 cm³/mol. The third kappa shape index (κ3) is 1.59. The number of hydrogen-bond acceptors (Lipinski definition) is 5. The molecule has 0 saturated heterocycles. The van der Waals surface area contributed by atoms with Crippen molar-refractivity contribution in [3.8, 4) is 0 Å². The van der Waals surface area contributed by atoms with Crippen LogP contribution < -0.4 is 10.6 Å². The van der Waals surface area contributed by atoms with Crippen LogP contribution in [0.15, 0.2) is 6.20 Å². The standard InChI is InChI=1S/C13H20N6/c1-12(2)10(13(12,3)4)16-8-7-6-15-19-9(7)18-11(14-5)17-8/h6,10H,1-5H3,(H3,14,15,16,17,18,19). The van der Waals surface area contributed by atoms with Gasteiger partial charge in [0.05, 0.1) is 11.6 Å². The molecular formula is C13H20N6. The molecule has 0 amide bonds. The topological polar surface area (TPSA) is 78.5 Å². The fraction of sp³-hybridized carbons (Fsp3) is 0.615. The second kappa shape index (κ2) is 3.59. The molecule has 0 radical (unpaired) electrons. The number of aromatic nitrogens is 4. The summed E-state index contributed by atoms with van der Waals surface area (Å²) < 4.78 is 0. The van der Waals surface area contributed by atoms with Crippen molar-refractivity contribution in [2.45, 2.75) is 33.7 Å². The molecule has 1 aliphatic carbocycles. The zero-order valence-corrected chi connectivity index (χ0v) is 12.0. The summed E-state index contributed by atoms with van der Waals surface area (Å²) in [4.78, 5) is 8.84. The van der Waals surface area contributed by atoms with Crippen molar-refractivity contribution in [1.29, 1.82) is 0 Å². The van der Waals surface area contributed by atoms with Gasteiger partial charge in [0, 0.05) is 13.1 Å². The molecule has 1 saturated carbocycles. The maximum atomic E-state index is 4.51. The first kappa shape index (κ1) is 12.2. The lowest BCUT2D eigenvalue weighted by Crippen LogP contribution is -2.12. The minimum Gasteiger partial charge on any atom is -0.365 e. The van der Waals surface area contributed by atoms with Gasteiger partial charge in [-0.15, -0.1) is 0 Å². The molecule has 0 aliphatic heterocycles. The van der Waals surface area contributed by atoms with E-state index in [4.69, 9.17) is 0 Å². The summed E-state index contributed by atoms with van der Waals surface area (Å²) in [5.74, 6) is 1.43. The number of hydrogen-bond donors (Lipinski definition) is 3. The Labute approximate surface area is 112 Å². The van der Waals surface area contributed by atoms with Crippen molar-refractivity contribution in [1.82, 2.24) is 20.2 Å². The van der Waals surface area contributed by atoms with E-state index in [1.807, 2.05) is 7.05 Å². The van der Waals surface area contributed by atoms with E-state index in [1.54, 1.807) is 6.20 Å². The van der Waals surface area contributed by atoms with E-state index in [2.05, 4.69) is 58.5 Å². The summed E-state index contributed by atoms with van der Waals surface area (Å²) >= 11 is 0. The van der Waals surface area contributed by atoms with Crippen molar-refractivity contribution in [2.24, 2.45) is 10.8 Å². The largest absolute Gasteiger partial charge is 0.365 e. The zero-order chi connectivity index (χ0) is 13.8. The average molecular weight is 260 g/mol. The highest BCUT2D eigenvalue weighted by atomic mass is 15.2. The van der Waals surface area contributed by atoms with Crippen LogP contribution in [-0.4, -0.2) is 33.3 Å².